The molecule has 0 saturated heterocycles. The van der Waals surface area contributed by atoms with Crippen LogP contribution >= 0.6 is 0 Å². The predicted octanol–water partition coefficient (Wildman–Crippen LogP) is 2.45. The molecule has 1 heterocycles. The number of fused-ring (bicyclic) bond motifs is 1. The molecule has 1 aliphatic rings. The summed E-state index contributed by atoms with van der Waals surface area (Å²) in [7, 11) is 0. The number of aromatic nitrogens is 2. The number of carbonyl (C=O) groups is 2. The van der Waals surface area contributed by atoms with Crippen LogP contribution in [0.3, 0.4) is 0 Å². The van der Waals surface area contributed by atoms with Gasteiger partial charge in [0, 0.05) is 5.92 Å². The van der Waals surface area contributed by atoms with E-state index < -0.39 is 11.6 Å². The van der Waals surface area contributed by atoms with Crippen LogP contribution in [0.4, 0.5) is 0 Å². The molecule has 2 aromatic rings. The number of esters is 2. The highest BCUT2D eigenvalue weighted by Gasteiger charge is 2.39. The van der Waals surface area contributed by atoms with E-state index in [4.69, 9.17) is 9.47 Å². The summed E-state index contributed by atoms with van der Waals surface area (Å²) in [5, 5.41) is 0.410. The van der Waals surface area contributed by atoms with Crippen LogP contribution in [0.15, 0.2) is 29.3 Å². The van der Waals surface area contributed by atoms with Crippen LogP contribution in [0.5, 0.6) is 0 Å². The van der Waals surface area contributed by atoms with Crippen molar-refractivity contribution in [2.24, 2.45) is 11.8 Å². The van der Waals surface area contributed by atoms with E-state index in [1.165, 1.54) is 18.5 Å². The van der Waals surface area contributed by atoms with Gasteiger partial charge in [-0.3, -0.25) is 9.59 Å². The molecule has 7 nitrogen and oxygen atoms in total. The van der Waals surface area contributed by atoms with Crippen LogP contribution < -0.4 is 5.56 Å². The number of H-pyrrole nitrogens is 1. The van der Waals surface area contributed by atoms with Gasteiger partial charge in [-0.05, 0) is 51.8 Å². The molecular formula is C19H22N2O5. The molecule has 1 N–H and O–H groups in total. The summed E-state index contributed by atoms with van der Waals surface area (Å²) >= 11 is 0. The zero-order valence-corrected chi connectivity index (χ0v) is 15.1. The van der Waals surface area contributed by atoms with Gasteiger partial charge in [-0.15, -0.1) is 0 Å². The second-order valence-electron chi connectivity index (χ2n) is 7.54. The molecule has 0 bridgehead atoms. The lowest BCUT2D eigenvalue weighted by molar-refractivity contribution is -0.167. The van der Waals surface area contributed by atoms with Crippen molar-refractivity contribution >= 4 is 22.8 Å². The molecule has 7 heteroatoms. The lowest BCUT2D eigenvalue weighted by Gasteiger charge is -2.36. The summed E-state index contributed by atoms with van der Waals surface area (Å²) in [5.74, 6) is -0.975. The Morgan fingerprint density at radius 3 is 2.69 bits per heavy atom. The van der Waals surface area contributed by atoms with Crippen LogP contribution in [0.25, 0.3) is 10.9 Å². The van der Waals surface area contributed by atoms with Crippen molar-refractivity contribution in [3.63, 3.8) is 0 Å². The standard InChI is InChI=1S/C19H22N2O5/c1-19(2,3)26-18(24)13-6-5-12(13)9-25-17(23)11-4-7-14-15(8-11)20-10-21-16(14)22/h4,7-8,10,12-13H,5-6,9H2,1-3H3,(H,20,21,22)/t12-,13+/m0/s1. The first-order valence-corrected chi connectivity index (χ1v) is 8.62. The van der Waals surface area contributed by atoms with Gasteiger partial charge in [-0.2, -0.15) is 0 Å². The Bertz CT molecular complexity index is 897. The molecule has 138 valence electrons. The van der Waals surface area contributed by atoms with Gasteiger partial charge < -0.3 is 14.5 Å². The van der Waals surface area contributed by atoms with Crippen LogP contribution in [0.1, 0.15) is 44.0 Å². The van der Waals surface area contributed by atoms with Crippen LogP contribution in [0, 0.1) is 11.8 Å². The highest BCUT2D eigenvalue weighted by Crippen LogP contribution is 2.36. The molecule has 0 amide bonds. The van der Waals surface area contributed by atoms with Gasteiger partial charge in [-0.25, -0.2) is 9.78 Å². The zero-order chi connectivity index (χ0) is 18.9. The number of nitrogens with zero attached hydrogens (tertiary/aromatic N) is 1. The minimum Gasteiger partial charge on any atom is -0.462 e. The first-order chi connectivity index (χ1) is 12.2. The Morgan fingerprint density at radius 1 is 1.27 bits per heavy atom. The van der Waals surface area contributed by atoms with E-state index in [0.29, 0.717) is 16.5 Å². The maximum atomic E-state index is 12.3. The van der Waals surface area contributed by atoms with E-state index in [1.807, 2.05) is 20.8 Å². The second-order valence-corrected chi connectivity index (χ2v) is 7.54. The molecule has 3 rings (SSSR count). The molecule has 1 fully saturated rings. The fourth-order valence-corrected chi connectivity index (χ4v) is 2.92. The van der Waals surface area contributed by atoms with Crippen molar-refractivity contribution in [1.82, 2.24) is 9.97 Å². The van der Waals surface area contributed by atoms with Gasteiger partial charge in [0.15, 0.2) is 0 Å². The molecular weight excluding hydrogens is 336 g/mol. The van der Waals surface area contributed by atoms with Gasteiger partial charge in [0.2, 0.25) is 0 Å². The van der Waals surface area contributed by atoms with Gasteiger partial charge >= 0.3 is 11.9 Å². The van der Waals surface area contributed by atoms with Crippen molar-refractivity contribution in [2.45, 2.75) is 39.2 Å². The summed E-state index contributed by atoms with van der Waals surface area (Å²) in [6.45, 7) is 5.66. The highest BCUT2D eigenvalue weighted by atomic mass is 16.6. The molecule has 1 aromatic heterocycles. The molecule has 1 aromatic carbocycles. The fourth-order valence-electron chi connectivity index (χ4n) is 2.92. The van der Waals surface area contributed by atoms with E-state index in [2.05, 4.69) is 9.97 Å². The van der Waals surface area contributed by atoms with E-state index in [-0.39, 0.29) is 30.0 Å². The SMILES string of the molecule is CC(C)(C)OC(=O)[C@@H]1CC[C@H]1COC(=O)c1ccc2c(=O)[nH]cnc2c1. The number of hydrogen-bond acceptors (Lipinski definition) is 6. The molecule has 1 saturated carbocycles. The normalized spacial score (nSPS) is 19.7. The number of carbonyl (C=O) groups excluding carboxylic acids is 2. The summed E-state index contributed by atoms with van der Waals surface area (Å²) < 4.78 is 10.8. The minimum atomic E-state index is -0.524. The summed E-state index contributed by atoms with van der Waals surface area (Å²) in [4.78, 5) is 42.6. The molecule has 26 heavy (non-hydrogen) atoms. The highest BCUT2D eigenvalue weighted by molar-refractivity contribution is 5.94. The second kappa shape index (κ2) is 6.90. The average Bonchev–Trinajstić information content (AvgIpc) is 2.51. The lowest BCUT2D eigenvalue weighted by Crippen LogP contribution is -2.40. The van der Waals surface area contributed by atoms with Crippen molar-refractivity contribution in [3.05, 3.63) is 40.4 Å². The number of hydrogen-bond donors (Lipinski definition) is 1. The summed E-state index contributed by atoms with van der Waals surface area (Å²) in [6.07, 6.45) is 2.87. The van der Waals surface area contributed by atoms with E-state index in [1.54, 1.807) is 6.07 Å². The van der Waals surface area contributed by atoms with Crippen LogP contribution in [0.2, 0.25) is 0 Å². The maximum absolute atomic E-state index is 12.3. The molecule has 0 unspecified atom stereocenters. The van der Waals surface area contributed by atoms with E-state index in [0.717, 1.165) is 12.8 Å². The Hall–Kier alpha value is -2.70. The van der Waals surface area contributed by atoms with Gasteiger partial charge in [0.25, 0.3) is 5.56 Å². The number of rotatable bonds is 4. The average molecular weight is 358 g/mol. The molecule has 0 aliphatic heterocycles. The van der Waals surface area contributed by atoms with E-state index in [9.17, 15) is 14.4 Å². The van der Waals surface area contributed by atoms with Gasteiger partial charge in [0.1, 0.15) is 5.60 Å². The fraction of sp³-hybridized carbons (Fsp3) is 0.474. The third-order valence-electron chi connectivity index (χ3n) is 4.43. The van der Waals surface area contributed by atoms with Crippen LogP contribution in [-0.4, -0.2) is 34.1 Å². The third-order valence-corrected chi connectivity index (χ3v) is 4.43. The topological polar surface area (TPSA) is 98.4 Å². The Balaban J connectivity index is 1.61. The monoisotopic (exact) mass is 358 g/mol. The summed E-state index contributed by atoms with van der Waals surface area (Å²) in [5.41, 5.74) is -0.0316. The van der Waals surface area contributed by atoms with E-state index >= 15 is 0 Å². The van der Waals surface area contributed by atoms with Crippen molar-refractivity contribution < 1.29 is 19.1 Å². The Labute approximate surface area is 150 Å². The van der Waals surface area contributed by atoms with Crippen molar-refractivity contribution in [1.29, 1.82) is 0 Å². The first kappa shape index (κ1) is 18.1. The molecule has 1 aliphatic carbocycles. The third kappa shape index (κ3) is 3.92. The number of ether oxygens (including phenoxy) is 2. The van der Waals surface area contributed by atoms with Gasteiger partial charge in [0.05, 0.1) is 35.3 Å². The molecule has 0 spiro atoms. The predicted molar refractivity (Wildman–Crippen MR) is 94.7 cm³/mol. The van der Waals surface area contributed by atoms with Crippen molar-refractivity contribution in [2.75, 3.05) is 6.61 Å². The maximum Gasteiger partial charge on any atom is 0.338 e. The molecule has 2 atom stereocenters. The largest absolute Gasteiger partial charge is 0.462 e. The van der Waals surface area contributed by atoms with Crippen molar-refractivity contribution in [3.8, 4) is 0 Å². The number of nitrogens with one attached hydrogen (secondary N) is 1. The quantitative estimate of drug-likeness (QED) is 0.843. The number of aromatic amines is 1. The van der Waals surface area contributed by atoms with Crippen LogP contribution in [-0.2, 0) is 14.3 Å². The van der Waals surface area contributed by atoms with Gasteiger partial charge in [-0.1, -0.05) is 0 Å². The Morgan fingerprint density at radius 2 is 2.04 bits per heavy atom. The zero-order valence-electron chi connectivity index (χ0n) is 15.1. The smallest absolute Gasteiger partial charge is 0.338 e. The Kier molecular flexibility index (Phi) is 4.80. The summed E-state index contributed by atoms with van der Waals surface area (Å²) in [6, 6.07) is 4.61. The molecule has 0 radical (unpaired) electrons. The minimum absolute atomic E-state index is 0.0183. The number of benzene rings is 1. The lowest BCUT2D eigenvalue weighted by atomic mass is 9.74. The first-order valence-electron chi connectivity index (χ1n) is 8.62.